The molecule has 2 atom stereocenters. The molecule has 5 N–H and O–H groups in total. The van der Waals surface area contributed by atoms with E-state index in [0.29, 0.717) is 5.82 Å². The average molecular weight is 253 g/mol. The number of anilines is 2. The predicted molar refractivity (Wildman–Crippen MR) is 73.3 cm³/mol. The number of nitrogens with zero attached hydrogens (tertiary/aromatic N) is 2. The summed E-state index contributed by atoms with van der Waals surface area (Å²) in [5.41, 5.74) is 3.55. The van der Waals surface area contributed by atoms with Crippen LogP contribution in [0, 0.1) is 5.92 Å². The summed E-state index contributed by atoms with van der Waals surface area (Å²) < 4.78 is 0. The monoisotopic (exact) mass is 253 g/mol. The van der Waals surface area contributed by atoms with E-state index in [9.17, 15) is 0 Å². The van der Waals surface area contributed by atoms with Gasteiger partial charge in [0.05, 0.1) is 0 Å². The smallest absolute Gasteiger partial charge is 0.148 e. The number of aromatic nitrogens is 2. The van der Waals surface area contributed by atoms with Gasteiger partial charge in [0.1, 0.15) is 18.0 Å². The van der Waals surface area contributed by atoms with Crippen LogP contribution in [0.4, 0.5) is 11.6 Å². The summed E-state index contributed by atoms with van der Waals surface area (Å²) in [6, 6.07) is 0.119. The van der Waals surface area contributed by atoms with E-state index < -0.39 is 0 Å². The molecule has 102 valence electrons. The third-order valence-electron chi connectivity index (χ3n) is 3.10. The van der Waals surface area contributed by atoms with Crippen LogP contribution in [-0.2, 0) is 0 Å². The highest BCUT2D eigenvalue weighted by molar-refractivity contribution is 5.58. The van der Waals surface area contributed by atoms with E-state index in [-0.39, 0.29) is 24.5 Å². The van der Waals surface area contributed by atoms with Crippen LogP contribution in [0.5, 0.6) is 0 Å². The largest absolute Gasteiger partial charge is 0.396 e. The molecule has 6 nitrogen and oxygen atoms in total. The average Bonchev–Trinajstić information content (AvgIpc) is 2.36. The Labute approximate surface area is 108 Å². The van der Waals surface area contributed by atoms with Crippen molar-refractivity contribution >= 4 is 11.6 Å². The van der Waals surface area contributed by atoms with Crippen molar-refractivity contribution in [3.8, 4) is 0 Å². The SMILES string of the molecule is CC(C)c1c(NN)ncnc1NC(C)C(C)CO. The molecule has 0 aliphatic heterocycles. The molecule has 0 bridgehead atoms. The fourth-order valence-electron chi connectivity index (χ4n) is 1.69. The van der Waals surface area contributed by atoms with E-state index in [1.165, 1.54) is 6.33 Å². The van der Waals surface area contributed by atoms with Crippen molar-refractivity contribution in [1.82, 2.24) is 9.97 Å². The number of aliphatic hydroxyl groups is 1. The molecule has 0 aromatic carbocycles. The van der Waals surface area contributed by atoms with Crippen LogP contribution < -0.4 is 16.6 Å². The minimum Gasteiger partial charge on any atom is -0.396 e. The Morgan fingerprint density at radius 3 is 2.33 bits per heavy atom. The summed E-state index contributed by atoms with van der Waals surface area (Å²) in [5.74, 6) is 7.26. The summed E-state index contributed by atoms with van der Waals surface area (Å²) in [6.07, 6.45) is 1.47. The number of aliphatic hydroxyl groups excluding tert-OH is 1. The molecule has 0 aliphatic carbocycles. The van der Waals surface area contributed by atoms with Crippen LogP contribution in [0.2, 0.25) is 0 Å². The molecular formula is C12H23N5O. The fourth-order valence-corrected chi connectivity index (χ4v) is 1.69. The van der Waals surface area contributed by atoms with E-state index in [2.05, 4.69) is 34.6 Å². The second-order valence-corrected chi connectivity index (χ2v) is 4.88. The van der Waals surface area contributed by atoms with E-state index in [4.69, 9.17) is 10.9 Å². The van der Waals surface area contributed by atoms with E-state index in [1.807, 2.05) is 13.8 Å². The minimum atomic E-state index is 0.119. The predicted octanol–water partition coefficient (Wildman–Crippen LogP) is 1.31. The Hall–Kier alpha value is -1.40. The van der Waals surface area contributed by atoms with Gasteiger partial charge in [-0.15, -0.1) is 0 Å². The molecule has 0 saturated carbocycles. The Bertz CT molecular complexity index is 383. The van der Waals surface area contributed by atoms with Gasteiger partial charge in [-0.25, -0.2) is 15.8 Å². The first-order valence-electron chi connectivity index (χ1n) is 6.20. The number of nitrogens with one attached hydrogen (secondary N) is 2. The summed E-state index contributed by atoms with van der Waals surface area (Å²) in [6.45, 7) is 8.26. The van der Waals surface area contributed by atoms with Gasteiger partial charge in [0.2, 0.25) is 0 Å². The molecule has 0 fully saturated rings. The maximum Gasteiger partial charge on any atom is 0.148 e. The molecule has 1 aromatic heterocycles. The molecule has 1 rings (SSSR count). The highest BCUT2D eigenvalue weighted by atomic mass is 16.3. The molecule has 0 spiro atoms. The third kappa shape index (κ3) is 3.30. The quantitative estimate of drug-likeness (QED) is 0.451. The lowest BCUT2D eigenvalue weighted by molar-refractivity contribution is 0.226. The molecule has 0 saturated heterocycles. The lowest BCUT2D eigenvalue weighted by Crippen LogP contribution is -2.28. The molecule has 6 heteroatoms. The standard InChI is InChI=1S/C12H23N5O/c1-7(2)10-11(14-6-15-12(10)17-13)16-9(4)8(3)5-18/h6-9,18H,5,13H2,1-4H3,(H2,14,15,16,17). The molecule has 0 amide bonds. The number of hydrogen-bond acceptors (Lipinski definition) is 6. The van der Waals surface area contributed by atoms with Crippen molar-refractivity contribution < 1.29 is 5.11 Å². The molecule has 1 heterocycles. The number of nitrogen functional groups attached to an aromatic ring is 1. The summed E-state index contributed by atoms with van der Waals surface area (Å²) in [5, 5.41) is 12.5. The van der Waals surface area contributed by atoms with Gasteiger partial charge >= 0.3 is 0 Å². The summed E-state index contributed by atoms with van der Waals surface area (Å²) in [4.78, 5) is 8.38. The van der Waals surface area contributed by atoms with Crippen molar-refractivity contribution in [3.63, 3.8) is 0 Å². The lowest BCUT2D eigenvalue weighted by Gasteiger charge is -2.23. The van der Waals surface area contributed by atoms with Crippen LogP contribution in [0.15, 0.2) is 6.33 Å². The Kier molecular flexibility index (Phi) is 5.30. The zero-order valence-corrected chi connectivity index (χ0v) is 11.4. The summed E-state index contributed by atoms with van der Waals surface area (Å²) >= 11 is 0. The van der Waals surface area contributed by atoms with Gasteiger partial charge in [-0.1, -0.05) is 20.8 Å². The maximum absolute atomic E-state index is 9.16. The van der Waals surface area contributed by atoms with Crippen molar-refractivity contribution in [2.24, 2.45) is 11.8 Å². The molecule has 0 aliphatic rings. The third-order valence-corrected chi connectivity index (χ3v) is 3.10. The van der Waals surface area contributed by atoms with Crippen molar-refractivity contribution in [2.75, 3.05) is 17.3 Å². The zero-order valence-electron chi connectivity index (χ0n) is 11.4. The number of nitrogens with two attached hydrogens (primary N) is 1. The first-order valence-corrected chi connectivity index (χ1v) is 6.20. The van der Waals surface area contributed by atoms with Crippen molar-refractivity contribution in [2.45, 2.75) is 39.7 Å². The minimum absolute atomic E-state index is 0.119. The number of rotatable bonds is 6. The first kappa shape index (κ1) is 14.7. The van der Waals surface area contributed by atoms with Gasteiger partial charge < -0.3 is 15.8 Å². The maximum atomic E-state index is 9.16. The lowest BCUT2D eigenvalue weighted by atomic mass is 10.0. The highest BCUT2D eigenvalue weighted by Gasteiger charge is 2.18. The normalized spacial score (nSPS) is 14.4. The molecule has 0 radical (unpaired) electrons. The Morgan fingerprint density at radius 1 is 1.22 bits per heavy atom. The van der Waals surface area contributed by atoms with Crippen LogP contribution >= 0.6 is 0 Å². The second kappa shape index (κ2) is 6.51. The van der Waals surface area contributed by atoms with Crippen molar-refractivity contribution in [1.29, 1.82) is 0 Å². The summed E-state index contributed by atoms with van der Waals surface area (Å²) in [7, 11) is 0. The Morgan fingerprint density at radius 2 is 1.83 bits per heavy atom. The van der Waals surface area contributed by atoms with E-state index in [0.717, 1.165) is 11.4 Å². The highest BCUT2D eigenvalue weighted by Crippen LogP contribution is 2.28. The number of hydrogen-bond donors (Lipinski definition) is 4. The first-order chi connectivity index (χ1) is 8.51. The zero-order chi connectivity index (χ0) is 13.7. The molecular weight excluding hydrogens is 230 g/mol. The Balaban J connectivity index is 3.01. The van der Waals surface area contributed by atoms with Gasteiger partial charge in [0, 0.05) is 18.2 Å². The fraction of sp³-hybridized carbons (Fsp3) is 0.667. The molecule has 1 aromatic rings. The number of hydrazine groups is 1. The van der Waals surface area contributed by atoms with Gasteiger partial charge in [-0.2, -0.15) is 0 Å². The van der Waals surface area contributed by atoms with Crippen LogP contribution in [0.3, 0.4) is 0 Å². The van der Waals surface area contributed by atoms with Gasteiger partial charge in [-0.3, -0.25) is 0 Å². The van der Waals surface area contributed by atoms with E-state index in [1.54, 1.807) is 0 Å². The van der Waals surface area contributed by atoms with Crippen molar-refractivity contribution in [3.05, 3.63) is 11.9 Å². The topological polar surface area (TPSA) is 96.1 Å². The second-order valence-electron chi connectivity index (χ2n) is 4.88. The molecule has 2 unspecified atom stereocenters. The molecule has 18 heavy (non-hydrogen) atoms. The van der Waals surface area contributed by atoms with Crippen LogP contribution in [-0.4, -0.2) is 27.7 Å². The van der Waals surface area contributed by atoms with Gasteiger partial charge in [0.15, 0.2) is 0 Å². The van der Waals surface area contributed by atoms with Gasteiger partial charge in [-0.05, 0) is 18.8 Å². The van der Waals surface area contributed by atoms with E-state index >= 15 is 0 Å². The van der Waals surface area contributed by atoms with Gasteiger partial charge in [0.25, 0.3) is 0 Å². The van der Waals surface area contributed by atoms with Crippen LogP contribution in [0.1, 0.15) is 39.2 Å². The van der Waals surface area contributed by atoms with Crippen LogP contribution in [0.25, 0.3) is 0 Å².